The Balaban J connectivity index is 1.78. The molecule has 0 bridgehead atoms. The standard InChI is InChI=1S/C36H47NO4SSi/c1-28(2)34(37)35(39)41-32(27-33(38)40-24-26-43(3,4)5)23-15-16-25-42-36(29-17-9-6-10-18-29,30-19-11-7-12-20-30)31-21-13-8-14-22-31/h6-15,17-23,28,32,34H,16,24-27,37H2,1-5H3/b23-15+/t32?,34-/m0/s1. The van der Waals surface area contributed by atoms with Gasteiger partial charge in [0.2, 0.25) is 0 Å². The molecule has 0 saturated heterocycles. The van der Waals surface area contributed by atoms with Gasteiger partial charge in [-0.25, -0.2) is 0 Å². The molecule has 5 nitrogen and oxygen atoms in total. The van der Waals surface area contributed by atoms with Crippen LogP contribution in [0.1, 0.15) is 43.4 Å². The smallest absolute Gasteiger partial charge is 0.323 e. The van der Waals surface area contributed by atoms with Crippen LogP contribution in [0.3, 0.4) is 0 Å². The number of hydrogen-bond donors (Lipinski definition) is 1. The van der Waals surface area contributed by atoms with E-state index in [2.05, 4.69) is 92.4 Å². The van der Waals surface area contributed by atoms with Crippen molar-refractivity contribution in [3.8, 4) is 0 Å². The number of thioether (sulfide) groups is 1. The van der Waals surface area contributed by atoms with Gasteiger partial charge in [-0.05, 0) is 46.9 Å². The van der Waals surface area contributed by atoms with Crippen molar-refractivity contribution in [1.82, 2.24) is 0 Å². The number of hydrogen-bond acceptors (Lipinski definition) is 6. The van der Waals surface area contributed by atoms with Gasteiger partial charge >= 0.3 is 11.9 Å². The summed E-state index contributed by atoms with van der Waals surface area (Å²) in [7, 11) is -1.33. The highest BCUT2D eigenvalue weighted by molar-refractivity contribution is 8.00. The fourth-order valence-electron chi connectivity index (χ4n) is 4.64. The van der Waals surface area contributed by atoms with Gasteiger partial charge in [0.15, 0.2) is 0 Å². The van der Waals surface area contributed by atoms with Crippen LogP contribution in [0.5, 0.6) is 0 Å². The van der Waals surface area contributed by atoms with E-state index < -0.39 is 30.9 Å². The number of carbonyl (C=O) groups excluding carboxylic acids is 2. The van der Waals surface area contributed by atoms with Crippen LogP contribution in [0.2, 0.25) is 25.7 Å². The van der Waals surface area contributed by atoms with E-state index >= 15 is 0 Å². The molecule has 0 radical (unpaired) electrons. The lowest BCUT2D eigenvalue weighted by Crippen LogP contribution is -2.39. The lowest BCUT2D eigenvalue weighted by atomic mass is 9.84. The van der Waals surface area contributed by atoms with Gasteiger partial charge in [-0.3, -0.25) is 9.59 Å². The summed E-state index contributed by atoms with van der Waals surface area (Å²) in [4.78, 5) is 25.3. The molecule has 0 amide bonds. The molecule has 7 heteroatoms. The summed E-state index contributed by atoms with van der Waals surface area (Å²) in [5.41, 5.74) is 9.66. The third-order valence-electron chi connectivity index (χ3n) is 7.24. The van der Waals surface area contributed by atoms with Crippen molar-refractivity contribution in [3.05, 3.63) is 120 Å². The maximum Gasteiger partial charge on any atom is 0.323 e. The number of nitrogens with two attached hydrogens (primary N) is 1. The molecule has 0 aliphatic carbocycles. The summed E-state index contributed by atoms with van der Waals surface area (Å²) in [6.45, 7) is 10.8. The summed E-state index contributed by atoms with van der Waals surface area (Å²) in [6, 6.07) is 31.9. The van der Waals surface area contributed by atoms with Crippen LogP contribution in [0.25, 0.3) is 0 Å². The number of carbonyl (C=O) groups is 2. The summed E-state index contributed by atoms with van der Waals surface area (Å²) in [6.07, 6.45) is 3.75. The van der Waals surface area contributed by atoms with Gasteiger partial charge in [-0.15, -0.1) is 11.8 Å². The summed E-state index contributed by atoms with van der Waals surface area (Å²) in [5, 5.41) is 0. The van der Waals surface area contributed by atoms with Gasteiger partial charge in [-0.2, -0.15) is 0 Å². The molecular weight excluding hydrogens is 571 g/mol. The molecule has 230 valence electrons. The molecule has 2 atom stereocenters. The number of esters is 2. The van der Waals surface area contributed by atoms with Crippen LogP contribution >= 0.6 is 11.8 Å². The van der Waals surface area contributed by atoms with Crippen LogP contribution in [0.4, 0.5) is 0 Å². The van der Waals surface area contributed by atoms with E-state index in [9.17, 15) is 9.59 Å². The number of benzene rings is 3. The first-order chi connectivity index (χ1) is 20.5. The molecule has 3 aromatic carbocycles. The minimum absolute atomic E-state index is 0.0338. The molecule has 0 heterocycles. The highest BCUT2D eigenvalue weighted by atomic mass is 32.2. The van der Waals surface area contributed by atoms with Crippen molar-refractivity contribution in [1.29, 1.82) is 0 Å². The molecule has 2 N–H and O–H groups in total. The van der Waals surface area contributed by atoms with Gasteiger partial charge in [0, 0.05) is 8.07 Å². The highest BCUT2D eigenvalue weighted by Gasteiger charge is 2.36. The first-order valence-electron chi connectivity index (χ1n) is 15.1. The average molecular weight is 618 g/mol. The highest BCUT2D eigenvalue weighted by Crippen LogP contribution is 2.48. The predicted molar refractivity (Wildman–Crippen MR) is 182 cm³/mol. The molecule has 0 aliphatic heterocycles. The number of ether oxygens (including phenoxy) is 2. The van der Waals surface area contributed by atoms with Gasteiger partial charge in [0.25, 0.3) is 0 Å². The second-order valence-electron chi connectivity index (χ2n) is 12.3. The van der Waals surface area contributed by atoms with Crippen LogP contribution in [0, 0.1) is 5.92 Å². The molecule has 3 rings (SSSR count). The Morgan fingerprint density at radius 3 is 1.79 bits per heavy atom. The summed E-state index contributed by atoms with van der Waals surface area (Å²) >= 11 is 1.86. The number of allylic oxidation sites excluding steroid dienone is 1. The van der Waals surface area contributed by atoms with Gasteiger partial charge in [0.05, 0.1) is 17.8 Å². The maximum absolute atomic E-state index is 12.7. The van der Waals surface area contributed by atoms with E-state index in [-0.39, 0.29) is 18.3 Å². The Morgan fingerprint density at radius 2 is 1.35 bits per heavy atom. The van der Waals surface area contributed by atoms with E-state index in [1.54, 1.807) is 6.08 Å². The van der Waals surface area contributed by atoms with Crippen LogP contribution in [-0.4, -0.2) is 44.5 Å². The fourth-order valence-corrected chi connectivity index (χ4v) is 6.82. The van der Waals surface area contributed by atoms with Gasteiger partial charge in [-0.1, -0.05) is 131 Å². The van der Waals surface area contributed by atoms with E-state index in [0.717, 1.165) is 11.8 Å². The Kier molecular flexibility index (Phi) is 13.3. The quantitative estimate of drug-likeness (QED) is 0.0580. The van der Waals surface area contributed by atoms with E-state index in [1.165, 1.54) is 16.7 Å². The van der Waals surface area contributed by atoms with Gasteiger partial charge < -0.3 is 15.2 Å². The summed E-state index contributed by atoms with van der Waals surface area (Å²) < 4.78 is 10.8. The van der Waals surface area contributed by atoms with Crippen LogP contribution in [0.15, 0.2) is 103 Å². The van der Waals surface area contributed by atoms with Crippen LogP contribution < -0.4 is 5.73 Å². The third-order valence-corrected chi connectivity index (χ3v) is 10.5. The molecule has 0 fully saturated rings. The largest absolute Gasteiger partial charge is 0.466 e. The van der Waals surface area contributed by atoms with Crippen molar-refractivity contribution in [3.63, 3.8) is 0 Å². The number of rotatable bonds is 16. The minimum Gasteiger partial charge on any atom is -0.466 e. The molecule has 0 spiro atoms. The maximum atomic E-state index is 12.7. The minimum atomic E-state index is -1.33. The normalized spacial score (nSPS) is 13.6. The predicted octanol–water partition coefficient (Wildman–Crippen LogP) is 7.82. The van der Waals surface area contributed by atoms with Crippen molar-refractivity contribution in [2.75, 3.05) is 12.4 Å². The van der Waals surface area contributed by atoms with E-state index in [1.807, 2.05) is 49.9 Å². The molecule has 3 aromatic rings. The molecule has 0 saturated carbocycles. The van der Waals surface area contributed by atoms with Crippen molar-refractivity contribution < 1.29 is 19.1 Å². The zero-order valence-electron chi connectivity index (χ0n) is 26.2. The zero-order chi connectivity index (χ0) is 31.3. The second-order valence-corrected chi connectivity index (χ2v) is 19.3. The molecule has 1 unspecified atom stereocenters. The van der Waals surface area contributed by atoms with Crippen LogP contribution in [-0.2, 0) is 23.8 Å². The Bertz CT molecular complexity index is 1200. The van der Waals surface area contributed by atoms with E-state index in [0.29, 0.717) is 13.0 Å². The average Bonchev–Trinajstić information content (AvgIpc) is 2.99. The van der Waals surface area contributed by atoms with Crippen molar-refractivity contribution in [2.24, 2.45) is 11.7 Å². The Hall–Kier alpha value is -3.13. The topological polar surface area (TPSA) is 78.6 Å². The lowest BCUT2D eigenvalue weighted by Gasteiger charge is -2.35. The molecule has 0 aromatic heterocycles. The van der Waals surface area contributed by atoms with Crippen molar-refractivity contribution in [2.45, 2.75) is 69.3 Å². The molecule has 43 heavy (non-hydrogen) atoms. The van der Waals surface area contributed by atoms with Gasteiger partial charge in [0.1, 0.15) is 12.1 Å². The SMILES string of the molecule is CC(C)[C@H](N)C(=O)OC(/C=C/CCSC(c1ccccc1)(c1ccccc1)c1ccccc1)CC(=O)OCC[Si](C)(C)C. The monoisotopic (exact) mass is 617 g/mol. The molecular formula is C36H47NO4SSi. The first-order valence-corrected chi connectivity index (χ1v) is 19.8. The Labute approximate surface area is 263 Å². The van der Waals surface area contributed by atoms with E-state index in [4.69, 9.17) is 15.2 Å². The third kappa shape index (κ3) is 10.5. The summed E-state index contributed by atoms with van der Waals surface area (Å²) in [5.74, 6) is -0.156. The first kappa shape index (κ1) is 34.4. The lowest BCUT2D eigenvalue weighted by molar-refractivity contribution is -0.154. The fraction of sp³-hybridized carbons (Fsp3) is 0.389. The molecule has 0 aliphatic rings. The van der Waals surface area contributed by atoms with Crippen molar-refractivity contribution >= 4 is 31.8 Å². The zero-order valence-corrected chi connectivity index (χ0v) is 28.0. The second kappa shape index (κ2) is 16.6. The Morgan fingerprint density at radius 1 is 0.860 bits per heavy atom.